The molecule has 2 aromatic carbocycles. The van der Waals surface area contributed by atoms with E-state index in [1.807, 2.05) is 24.3 Å². The van der Waals surface area contributed by atoms with Crippen LogP contribution in [0.3, 0.4) is 0 Å². The monoisotopic (exact) mass is 450 g/mol. The van der Waals surface area contributed by atoms with Crippen LogP contribution in [0, 0.1) is 10.1 Å². The molecule has 1 fully saturated rings. The summed E-state index contributed by atoms with van der Waals surface area (Å²) in [5.74, 6) is 0.207. The summed E-state index contributed by atoms with van der Waals surface area (Å²) in [6, 6.07) is 14.9. The SMILES string of the molecule is O=c1cc(-c2ccc([N+](=O)[O-])cc2)nc2c(-c3ccc(Cl)cc3)c(C3CCOCC3)[nH]n12. The molecule has 0 atom stereocenters. The molecule has 1 N–H and O–H groups in total. The van der Waals surface area contributed by atoms with E-state index in [0.717, 1.165) is 29.7 Å². The summed E-state index contributed by atoms with van der Waals surface area (Å²) in [4.78, 5) is 28.3. The standard InChI is InChI=1S/C23H19ClN4O4/c24-17-5-1-15(2-6-17)21-22(16-9-11-32-12-10-16)26-27-20(29)13-19(25-23(21)27)14-3-7-18(8-4-14)28(30)31/h1-8,13,16,26H,9-12H2. The van der Waals surface area contributed by atoms with Crippen molar-refractivity contribution in [3.63, 3.8) is 0 Å². The highest BCUT2D eigenvalue weighted by Gasteiger charge is 2.25. The smallest absolute Gasteiger partial charge is 0.273 e. The number of non-ortho nitro benzene ring substituents is 1. The zero-order valence-electron chi connectivity index (χ0n) is 17.0. The fourth-order valence-electron chi connectivity index (χ4n) is 4.14. The van der Waals surface area contributed by atoms with Gasteiger partial charge in [-0.25, -0.2) is 9.50 Å². The van der Waals surface area contributed by atoms with Crippen LogP contribution in [-0.2, 0) is 4.74 Å². The molecule has 1 aliphatic heterocycles. The molecular formula is C23H19ClN4O4. The first kappa shape index (κ1) is 20.4. The summed E-state index contributed by atoms with van der Waals surface area (Å²) >= 11 is 6.10. The van der Waals surface area contributed by atoms with E-state index in [1.165, 1.54) is 22.7 Å². The quantitative estimate of drug-likeness (QED) is 0.355. The van der Waals surface area contributed by atoms with Gasteiger partial charge in [0.15, 0.2) is 5.65 Å². The van der Waals surface area contributed by atoms with E-state index in [1.54, 1.807) is 12.1 Å². The molecule has 1 aliphatic rings. The van der Waals surface area contributed by atoms with Crippen LogP contribution in [0.15, 0.2) is 59.4 Å². The number of halogens is 1. The maximum Gasteiger partial charge on any atom is 0.273 e. The molecule has 1 saturated heterocycles. The van der Waals surface area contributed by atoms with Crippen molar-refractivity contribution in [3.05, 3.63) is 85.8 Å². The van der Waals surface area contributed by atoms with Crippen LogP contribution in [-0.4, -0.2) is 32.7 Å². The number of aromatic amines is 1. The molecule has 0 amide bonds. The molecule has 3 heterocycles. The van der Waals surface area contributed by atoms with Gasteiger partial charge in [-0.15, -0.1) is 0 Å². The van der Waals surface area contributed by atoms with Gasteiger partial charge in [0.2, 0.25) is 0 Å². The first-order chi connectivity index (χ1) is 15.5. The third-order valence-corrected chi connectivity index (χ3v) is 6.03. The molecular weight excluding hydrogens is 432 g/mol. The molecule has 0 unspecified atom stereocenters. The van der Waals surface area contributed by atoms with Gasteiger partial charge in [0.1, 0.15) is 0 Å². The second-order valence-electron chi connectivity index (χ2n) is 7.74. The largest absolute Gasteiger partial charge is 0.381 e. The molecule has 2 aromatic heterocycles. The highest BCUT2D eigenvalue weighted by atomic mass is 35.5. The van der Waals surface area contributed by atoms with E-state index < -0.39 is 4.92 Å². The molecule has 0 spiro atoms. The van der Waals surface area contributed by atoms with Gasteiger partial charge in [0.25, 0.3) is 11.2 Å². The van der Waals surface area contributed by atoms with E-state index in [2.05, 4.69) is 5.10 Å². The predicted octanol–water partition coefficient (Wildman–Crippen LogP) is 4.81. The third-order valence-electron chi connectivity index (χ3n) is 5.78. The van der Waals surface area contributed by atoms with E-state index in [9.17, 15) is 14.9 Å². The Kier molecular flexibility index (Phi) is 5.24. The Balaban J connectivity index is 1.72. The first-order valence-electron chi connectivity index (χ1n) is 10.3. The van der Waals surface area contributed by atoms with Crippen LogP contribution >= 0.6 is 11.6 Å². The number of hydrogen-bond acceptors (Lipinski definition) is 5. The van der Waals surface area contributed by atoms with Gasteiger partial charge in [-0.05, 0) is 42.7 Å². The van der Waals surface area contributed by atoms with Gasteiger partial charge in [-0.3, -0.25) is 20.0 Å². The van der Waals surface area contributed by atoms with E-state index in [0.29, 0.717) is 35.1 Å². The van der Waals surface area contributed by atoms with E-state index >= 15 is 0 Å². The Labute approximate surface area is 187 Å². The molecule has 0 aliphatic carbocycles. The molecule has 5 rings (SSSR count). The Bertz CT molecular complexity index is 1350. The van der Waals surface area contributed by atoms with E-state index in [-0.39, 0.29) is 17.2 Å². The van der Waals surface area contributed by atoms with Crippen molar-refractivity contribution in [2.75, 3.05) is 13.2 Å². The normalized spacial score (nSPS) is 14.7. The van der Waals surface area contributed by atoms with Crippen molar-refractivity contribution < 1.29 is 9.66 Å². The number of nitrogens with one attached hydrogen (secondary N) is 1. The van der Waals surface area contributed by atoms with Crippen molar-refractivity contribution >= 4 is 22.9 Å². The van der Waals surface area contributed by atoms with Crippen LogP contribution < -0.4 is 5.56 Å². The summed E-state index contributed by atoms with van der Waals surface area (Å²) in [5, 5.41) is 14.9. The number of benzene rings is 2. The van der Waals surface area contributed by atoms with Crippen molar-refractivity contribution in [1.29, 1.82) is 0 Å². The summed E-state index contributed by atoms with van der Waals surface area (Å²) in [6.07, 6.45) is 1.69. The zero-order chi connectivity index (χ0) is 22.2. The average molecular weight is 451 g/mol. The van der Waals surface area contributed by atoms with Crippen LogP contribution in [0.1, 0.15) is 24.5 Å². The van der Waals surface area contributed by atoms with Gasteiger partial charge in [0, 0.05) is 59.2 Å². The van der Waals surface area contributed by atoms with Gasteiger partial charge >= 0.3 is 0 Å². The number of H-pyrrole nitrogens is 1. The number of nitrogens with zero attached hydrogens (tertiary/aromatic N) is 3. The van der Waals surface area contributed by atoms with Crippen molar-refractivity contribution in [3.8, 4) is 22.4 Å². The fraction of sp³-hybridized carbons (Fsp3) is 0.217. The first-order valence-corrected chi connectivity index (χ1v) is 10.6. The lowest BCUT2D eigenvalue weighted by Gasteiger charge is -2.22. The number of nitro groups is 1. The molecule has 9 heteroatoms. The van der Waals surface area contributed by atoms with Crippen LogP contribution in [0.5, 0.6) is 0 Å². The zero-order valence-corrected chi connectivity index (χ0v) is 17.7. The Morgan fingerprint density at radius 1 is 1.06 bits per heavy atom. The van der Waals surface area contributed by atoms with Crippen molar-refractivity contribution in [2.24, 2.45) is 0 Å². The maximum absolute atomic E-state index is 13.0. The fourth-order valence-corrected chi connectivity index (χ4v) is 4.27. The second kappa shape index (κ2) is 8.22. The second-order valence-corrected chi connectivity index (χ2v) is 8.17. The minimum absolute atomic E-state index is 0.0168. The molecule has 162 valence electrons. The molecule has 8 nitrogen and oxygen atoms in total. The van der Waals surface area contributed by atoms with Crippen LogP contribution in [0.25, 0.3) is 28.0 Å². The van der Waals surface area contributed by atoms with E-state index in [4.69, 9.17) is 21.3 Å². The summed E-state index contributed by atoms with van der Waals surface area (Å²) in [5.41, 5.74) is 4.03. The van der Waals surface area contributed by atoms with Crippen molar-refractivity contribution in [2.45, 2.75) is 18.8 Å². The average Bonchev–Trinajstić information content (AvgIpc) is 3.20. The molecule has 0 radical (unpaired) electrons. The highest BCUT2D eigenvalue weighted by Crippen LogP contribution is 2.37. The summed E-state index contributed by atoms with van der Waals surface area (Å²) in [6.45, 7) is 1.33. The van der Waals surface area contributed by atoms with Crippen molar-refractivity contribution in [1.82, 2.24) is 14.6 Å². The van der Waals surface area contributed by atoms with Crippen LogP contribution in [0.4, 0.5) is 5.69 Å². The Morgan fingerprint density at radius 2 is 1.72 bits per heavy atom. The molecule has 0 saturated carbocycles. The molecule has 32 heavy (non-hydrogen) atoms. The number of hydrogen-bond donors (Lipinski definition) is 1. The minimum atomic E-state index is -0.458. The lowest BCUT2D eigenvalue weighted by molar-refractivity contribution is -0.384. The maximum atomic E-state index is 13.0. The lowest BCUT2D eigenvalue weighted by atomic mass is 9.91. The summed E-state index contributed by atoms with van der Waals surface area (Å²) < 4.78 is 6.98. The predicted molar refractivity (Wildman–Crippen MR) is 121 cm³/mol. The number of fused-ring (bicyclic) bond motifs is 1. The number of nitro benzene ring substituents is 1. The Hall–Kier alpha value is -3.49. The van der Waals surface area contributed by atoms with Gasteiger partial charge in [-0.1, -0.05) is 23.7 Å². The topological polar surface area (TPSA) is 103 Å². The number of ether oxygens (including phenoxy) is 1. The lowest BCUT2D eigenvalue weighted by Crippen LogP contribution is -2.17. The molecule has 0 bridgehead atoms. The number of rotatable bonds is 4. The summed E-state index contributed by atoms with van der Waals surface area (Å²) in [7, 11) is 0. The highest BCUT2D eigenvalue weighted by molar-refractivity contribution is 6.30. The van der Waals surface area contributed by atoms with Crippen LogP contribution in [0.2, 0.25) is 5.02 Å². The van der Waals surface area contributed by atoms with Gasteiger partial charge in [-0.2, -0.15) is 0 Å². The van der Waals surface area contributed by atoms with Gasteiger partial charge in [0.05, 0.1) is 10.6 Å². The minimum Gasteiger partial charge on any atom is -0.381 e. The third kappa shape index (κ3) is 3.68. The van der Waals surface area contributed by atoms with Gasteiger partial charge < -0.3 is 4.74 Å². The Morgan fingerprint density at radius 3 is 2.38 bits per heavy atom. The number of aromatic nitrogens is 3. The molecule has 4 aromatic rings.